The molecule has 0 atom stereocenters. The van der Waals surface area contributed by atoms with Crippen LogP contribution in [0.4, 0.5) is 11.6 Å². The quantitative estimate of drug-likeness (QED) is 0.415. The minimum atomic E-state index is -0.408. The highest BCUT2D eigenvalue weighted by molar-refractivity contribution is 5.87. The molecule has 2 N–H and O–H groups in total. The Labute approximate surface area is 164 Å². The zero-order valence-corrected chi connectivity index (χ0v) is 15.3. The van der Waals surface area contributed by atoms with Crippen molar-refractivity contribution in [2.24, 2.45) is 0 Å². The standard InChI is InChI=1S/C19H14N8O2/c1-11-6-13(2-3-15(11)27(28)29)9-26-10-23-17-16(24-19(21)25-18(17)26)14-7-12(8-20)4-5-22-14/h2-7,10H,9H2,1H3,(H2,21,24,25). The topological polar surface area (TPSA) is 149 Å². The number of nitro groups is 1. The SMILES string of the molecule is Cc1cc(Cn2cnc3c(-c4cc(C#N)ccn4)nc(N)nc32)ccc1[N+](=O)[O-]. The zero-order chi connectivity index (χ0) is 20.5. The maximum absolute atomic E-state index is 11.0. The molecule has 0 saturated heterocycles. The summed E-state index contributed by atoms with van der Waals surface area (Å²) in [5, 5.41) is 20.1. The number of nitrogens with two attached hydrogens (primary N) is 1. The van der Waals surface area contributed by atoms with E-state index < -0.39 is 4.92 Å². The molecule has 0 spiro atoms. The van der Waals surface area contributed by atoms with E-state index in [-0.39, 0.29) is 11.6 Å². The summed E-state index contributed by atoms with van der Waals surface area (Å²) < 4.78 is 1.78. The molecule has 29 heavy (non-hydrogen) atoms. The van der Waals surface area contributed by atoms with Crippen molar-refractivity contribution in [2.75, 3.05) is 5.73 Å². The molecule has 0 aliphatic carbocycles. The Bertz CT molecular complexity index is 1310. The van der Waals surface area contributed by atoms with Gasteiger partial charge in [0.15, 0.2) is 5.65 Å². The van der Waals surface area contributed by atoms with Gasteiger partial charge in [-0.2, -0.15) is 10.2 Å². The van der Waals surface area contributed by atoms with Gasteiger partial charge in [-0.1, -0.05) is 6.07 Å². The minimum absolute atomic E-state index is 0.0540. The molecule has 0 saturated carbocycles. The van der Waals surface area contributed by atoms with Crippen molar-refractivity contribution in [3.05, 3.63) is 69.7 Å². The van der Waals surface area contributed by atoms with Crippen LogP contribution in [-0.2, 0) is 6.54 Å². The molecule has 0 bridgehead atoms. The molecular formula is C19H14N8O2. The average molecular weight is 386 g/mol. The fourth-order valence-electron chi connectivity index (χ4n) is 3.10. The first kappa shape index (κ1) is 18.0. The summed E-state index contributed by atoms with van der Waals surface area (Å²) in [6, 6.07) is 10.2. The third-order valence-corrected chi connectivity index (χ3v) is 4.42. The molecule has 10 heteroatoms. The number of fused-ring (bicyclic) bond motifs is 1. The number of aryl methyl sites for hydroxylation is 1. The number of nitriles is 1. The Kier molecular flexibility index (Phi) is 4.33. The molecule has 3 heterocycles. The van der Waals surface area contributed by atoms with E-state index in [1.54, 1.807) is 42.1 Å². The summed E-state index contributed by atoms with van der Waals surface area (Å²) in [4.78, 5) is 27.8. The Morgan fingerprint density at radius 3 is 2.79 bits per heavy atom. The maximum Gasteiger partial charge on any atom is 0.272 e. The number of nitrogen functional groups attached to an aromatic ring is 1. The van der Waals surface area contributed by atoms with Crippen LogP contribution in [0.5, 0.6) is 0 Å². The summed E-state index contributed by atoms with van der Waals surface area (Å²) in [5.41, 5.74) is 9.76. The van der Waals surface area contributed by atoms with Crippen LogP contribution in [0.25, 0.3) is 22.6 Å². The zero-order valence-electron chi connectivity index (χ0n) is 15.3. The second-order valence-electron chi connectivity index (χ2n) is 6.39. The highest BCUT2D eigenvalue weighted by Gasteiger charge is 2.16. The van der Waals surface area contributed by atoms with E-state index >= 15 is 0 Å². The van der Waals surface area contributed by atoms with Gasteiger partial charge in [-0.25, -0.2) is 9.97 Å². The van der Waals surface area contributed by atoms with Crippen molar-refractivity contribution in [3.63, 3.8) is 0 Å². The van der Waals surface area contributed by atoms with Crippen LogP contribution in [0, 0.1) is 28.4 Å². The number of nitrogens with zero attached hydrogens (tertiary/aromatic N) is 7. The van der Waals surface area contributed by atoms with Gasteiger partial charge < -0.3 is 10.3 Å². The van der Waals surface area contributed by atoms with Crippen LogP contribution in [0.15, 0.2) is 42.9 Å². The van der Waals surface area contributed by atoms with Gasteiger partial charge in [-0.3, -0.25) is 15.1 Å². The summed E-state index contributed by atoms with van der Waals surface area (Å²) in [6.07, 6.45) is 3.13. The lowest BCUT2D eigenvalue weighted by Crippen LogP contribution is -2.04. The summed E-state index contributed by atoms with van der Waals surface area (Å²) >= 11 is 0. The Morgan fingerprint density at radius 1 is 1.24 bits per heavy atom. The molecule has 10 nitrogen and oxygen atoms in total. The lowest BCUT2D eigenvalue weighted by molar-refractivity contribution is -0.385. The predicted molar refractivity (Wildman–Crippen MR) is 105 cm³/mol. The molecule has 1 aromatic carbocycles. The van der Waals surface area contributed by atoms with Crippen molar-refractivity contribution in [1.29, 1.82) is 5.26 Å². The Morgan fingerprint density at radius 2 is 2.07 bits per heavy atom. The highest BCUT2D eigenvalue weighted by Crippen LogP contribution is 2.26. The molecule has 0 fully saturated rings. The monoisotopic (exact) mass is 386 g/mol. The minimum Gasteiger partial charge on any atom is -0.368 e. The van der Waals surface area contributed by atoms with E-state index in [9.17, 15) is 10.1 Å². The van der Waals surface area contributed by atoms with Crippen LogP contribution < -0.4 is 5.73 Å². The molecule has 4 aromatic rings. The van der Waals surface area contributed by atoms with Crippen molar-refractivity contribution in [2.45, 2.75) is 13.5 Å². The average Bonchev–Trinajstić information content (AvgIpc) is 3.09. The van der Waals surface area contributed by atoms with E-state index in [2.05, 4.69) is 26.0 Å². The molecule has 0 amide bonds. The van der Waals surface area contributed by atoms with Gasteiger partial charge in [0.05, 0.1) is 35.1 Å². The molecule has 0 unspecified atom stereocenters. The van der Waals surface area contributed by atoms with Gasteiger partial charge in [0.1, 0.15) is 11.2 Å². The smallest absolute Gasteiger partial charge is 0.272 e. The maximum atomic E-state index is 11.0. The second kappa shape index (κ2) is 6.97. The van der Waals surface area contributed by atoms with Crippen LogP contribution in [0.1, 0.15) is 16.7 Å². The van der Waals surface area contributed by atoms with Crippen molar-refractivity contribution < 1.29 is 4.92 Å². The van der Waals surface area contributed by atoms with E-state index in [4.69, 9.17) is 11.0 Å². The summed E-state index contributed by atoms with van der Waals surface area (Å²) in [7, 11) is 0. The second-order valence-corrected chi connectivity index (χ2v) is 6.39. The first-order valence-corrected chi connectivity index (χ1v) is 8.55. The Balaban J connectivity index is 1.78. The number of hydrogen-bond acceptors (Lipinski definition) is 8. The van der Waals surface area contributed by atoms with Crippen LogP contribution in [0.3, 0.4) is 0 Å². The number of pyridine rings is 1. The molecule has 0 aliphatic heterocycles. The van der Waals surface area contributed by atoms with Gasteiger partial charge >= 0.3 is 0 Å². The summed E-state index contributed by atoms with van der Waals surface area (Å²) in [6.45, 7) is 2.09. The number of nitro benzene ring substituents is 1. The third kappa shape index (κ3) is 3.32. The van der Waals surface area contributed by atoms with Crippen molar-refractivity contribution >= 4 is 22.8 Å². The lowest BCUT2D eigenvalue weighted by atomic mass is 10.1. The van der Waals surface area contributed by atoms with Crippen molar-refractivity contribution in [1.82, 2.24) is 24.5 Å². The van der Waals surface area contributed by atoms with Gasteiger partial charge in [0.25, 0.3) is 5.69 Å². The van der Waals surface area contributed by atoms with E-state index in [0.29, 0.717) is 40.2 Å². The number of hydrogen-bond donors (Lipinski definition) is 1. The van der Waals surface area contributed by atoms with Crippen LogP contribution in [0.2, 0.25) is 0 Å². The van der Waals surface area contributed by atoms with Gasteiger partial charge in [0.2, 0.25) is 5.95 Å². The Hall–Kier alpha value is -4.39. The molecule has 0 radical (unpaired) electrons. The lowest BCUT2D eigenvalue weighted by Gasteiger charge is -2.07. The third-order valence-electron chi connectivity index (χ3n) is 4.42. The number of benzene rings is 1. The van der Waals surface area contributed by atoms with E-state index in [0.717, 1.165) is 5.56 Å². The molecule has 4 rings (SSSR count). The van der Waals surface area contributed by atoms with Gasteiger partial charge in [0, 0.05) is 17.8 Å². The fraction of sp³-hybridized carbons (Fsp3) is 0.105. The number of imidazole rings is 1. The number of rotatable bonds is 4. The molecular weight excluding hydrogens is 372 g/mol. The van der Waals surface area contributed by atoms with Crippen molar-refractivity contribution in [3.8, 4) is 17.5 Å². The number of aromatic nitrogens is 5. The number of anilines is 1. The summed E-state index contributed by atoms with van der Waals surface area (Å²) in [5.74, 6) is 0.0540. The largest absolute Gasteiger partial charge is 0.368 e. The first-order chi connectivity index (χ1) is 14.0. The van der Waals surface area contributed by atoms with Crippen LogP contribution >= 0.6 is 0 Å². The normalized spacial score (nSPS) is 10.8. The molecule has 0 aliphatic rings. The van der Waals surface area contributed by atoms with E-state index in [1.165, 1.54) is 12.3 Å². The van der Waals surface area contributed by atoms with Gasteiger partial charge in [-0.05, 0) is 30.7 Å². The highest BCUT2D eigenvalue weighted by atomic mass is 16.6. The van der Waals surface area contributed by atoms with Crippen LogP contribution in [-0.4, -0.2) is 29.4 Å². The molecule has 142 valence electrons. The fourth-order valence-corrected chi connectivity index (χ4v) is 3.10. The van der Waals surface area contributed by atoms with Gasteiger partial charge in [-0.15, -0.1) is 0 Å². The van der Waals surface area contributed by atoms with E-state index in [1.807, 2.05) is 0 Å². The first-order valence-electron chi connectivity index (χ1n) is 8.55. The predicted octanol–water partition coefficient (Wildman–Crippen LogP) is 2.61. The molecule has 3 aromatic heterocycles.